The molecule has 0 aliphatic heterocycles. The van der Waals surface area contributed by atoms with Gasteiger partial charge in [0.25, 0.3) is 5.91 Å². The van der Waals surface area contributed by atoms with E-state index in [1.165, 1.54) is 16.9 Å². The van der Waals surface area contributed by atoms with Crippen molar-refractivity contribution < 1.29 is 19.1 Å². The molecule has 2 aromatic carbocycles. The average molecular weight is 413 g/mol. The molecule has 0 aliphatic rings. The largest absolute Gasteiger partial charge is 0.454 e. The van der Waals surface area contributed by atoms with Crippen LogP contribution >= 0.6 is 11.3 Å². The SMILES string of the molecule is CC[C@H](C)c1ccc(NC(=O)COC(=O)COCc2nc3ccccc3s2)cc1. The number of rotatable bonds is 9. The number of thiazole rings is 1. The highest BCUT2D eigenvalue weighted by molar-refractivity contribution is 7.18. The molecular weight excluding hydrogens is 388 g/mol. The van der Waals surface area contributed by atoms with Gasteiger partial charge in [-0.15, -0.1) is 11.3 Å². The van der Waals surface area contributed by atoms with Crippen LogP contribution in [0.3, 0.4) is 0 Å². The summed E-state index contributed by atoms with van der Waals surface area (Å²) in [6.45, 7) is 3.94. The zero-order valence-corrected chi connectivity index (χ0v) is 17.3. The number of hydrogen-bond donors (Lipinski definition) is 1. The summed E-state index contributed by atoms with van der Waals surface area (Å²) >= 11 is 1.52. The standard InChI is InChI=1S/C22H24N2O4S/c1-3-15(2)16-8-10-17(11-9-16)23-20(25)12-28-22(26)14-27-13-21-24-18-6-4-5-7-19(18)29-21/h4-11,15H,3,12-14H2,1-2H3,(H,23,25)/t15-/m0/s1. The van der Waals surface area contributed by atoms with E-state index in [1.54, 1.807) is 0 Å². The third-order valence-electron chi connectivity index (χ3n) is 4.52. The minimum absolute atomic E-state index is 0.225. The molecule has 0 unspecified atom stereocenters. The number of nitrogens with zero attached hydrogens (tertiary/aromatic N) is 1. The van der Waals surface area contributed by atoms with Gasteiger partial charge in [-0.1, -0.05) is 38.1 Å². The van der Waals surface area contributed by atoms with Crippen LogP contribution in [0.25, 0.3) is 10.2 Å². The smallest absolute Gasteiger partial charge is 0.332 e. The molecule has 1 N–H and O–H groups in total. The van der Waals surface area contributed by atoms with Crippen molar-refractivity contribution >= 4 is 39.1 Å². The van der Waals surface area contributed by atoms with Gasteiger partial charge in [0.2, 0.25) is 0 Å². The molecule has 0 fully saturated rings. The highest BCUT2D eigenvalue weighted by atomic mass is 32.1. The number of hydrogen-bond acceptors (Lipinski definition) is 6. The number of para-hydroxylation sites is 1. The monoisotopic (exact) mass is 412 g/mol. The minimum Gasteiger partial charge on any atom is -0.454 e. The summed E-state index contributed by atoms with van der Waals surface area (Å²) in [5.74, 6) is -0.502. The molecule has 7 heteroatoms. The zero-order valence-electron chi connectivity index (χ0n) is 16.5. The van der Waals surface area contributed by atoms with Gasteiger partial charge in [0.1, 0.15) is 11.6 Å². The summed E-state index contributed by atoms with van der Waals surface area (Å²) in [6, 6.07) is 15.5. The molecule has 1 heterocycles. The van der Waals surface area contributed by atoms with E-state index in [-0.39, 0.29) is 25.7 Å². The molecule has 0 radical (unpaired) electrons. The van der Waals surface area contributed by atoms with E-state index in [0.29, 0.717) is 11.6 Å². The Morgan fingerprint density at radius 2 is 1.86 bits per heavy atom. The zero-order chi connectivity index (χ0) is 20.6. The number of fused-ring (bicyclic) bond motifs is 1. The molecule has 152 valence electrons. The topological polar surface area (TPSA) is 77.5 Å². The number of ether oxygens (including phenoxy) is 2. The van der Waals surface area contributed by atoms with Gasteiger partial charge in [-0.3, -0.25) is 4.79 Å². The fraction of sp³-hybridized carbons (Fsp3) is 0.318. The van der Waals surface area contributed by atoms with Crippen molar-refractivity contribution in [3.63, 3.8) is 0 Å². The Kier molecular flexibility index (Phi) is 7.32. The second kappa shape index (κ2) is 10.1. The summed E-state index contributed by atoms with van der Waals surface area (Å²) in [6.07, 6.45) is 1.06. The van der Waals surface area contributed by atoms with E-state index in [2.05, 4.69) is 24.1 Å². The first kappa shape index (κ1) is 21.0. The molecule has 0 aliphatic carbocycles. The van der Waals surface area contributed by atoms with Crippen LogP contribution in [0.15, 0.2) is 48.5 Å². The Morgan fingerprint density at radius 1 is 1.10 bits per heavy atom. The molecule has 3 aromatic rings. The maximum Gasteiger partial charge on any atom is 0.332 e. The van der Waals surface area contributed by atoms with E-state index in [9.17, 15) is 9.59 Å². The van der Waals surface area contributed by atoms with Crippen LogP contribution in [0.2, 0.25) is 0 Å². The Hall–Kier alpha value is -2.77. The van der Waals surface area contributed by atoms with Crippen molar-refractivity contribution in [2.24, 2.45) is 0 Å². The number of anilines is 1. The number of aromatic nitrogens is 1. The lowest BCUT2D eigenvalue weighted by atomic mass is 9.99. The summed E-state index contributed by atoms with van der Waals surface area (Å²) in [7, 11) is 0. The summed E-state index contributed by atoms with van der Waals surface area (Å²) in [5.41, 5.74) is 2.81. The Labute approximate surface area is 173 Å². The molecule has 6 nitrogen and oxygen atoms in total. The molecule has 1 aromatic heterocycles. The van der Waals surface area contributed by atoms with Gasteiger partial charge in [-0.2, -0.15) is 0 Å². The molecule has 0 bridgehead atoms. The van der Waals surface area contributed by atoms with E-state index in [4.69, 9.17) is 9.47 Å². The van der Waals surface area contributed by atoms with Crippen LogP contribution < -0.4 is 5.32 Å². The lowest BCUT2D eigenvalue weighted by Gasteiger charge is -2.10. The van der Waals surface area contributed by atoms with Crippen molar-refractivity contribution in [1.82, 2.24) is 4.98 Å². The van der Waals surface area contributed by atoms with Crippen LogP contribution in [-0.2, 0) is 25.7 Å². The highest BCUT2D eigenvalue weighted by Crippen LogP contribution is 2.22. The second-order valence-electron chi connectivity index (χ2n) is 6.71. The van der Waals surface area contributed by atoms with Gasteiger partial charge >= 0.3 is 5.97 Å². The first-order chi connectivity index (χ1) is 14.0. The first-order valence-corrected chi connectivity index (χ1v) is 10.3. The van der Waals surface area contributed by atoms with Crippen molar-refractivity contribution in [3.8, 4) is 0 Å². The number of carbonyl (C=O) groups excluding carboxylic acids is 2. The number of carbonyl (C=O) groups is 2. The van der Waals surface area contributed by atoms with E-state index >= 15 is 0 Å². The maximum absolute atomic E-state index is 11.9. The third kappa shape index (κ3) is 6.10. The van der Waals surface area contributed by atoms with Crippen LogP contribution in [0.4, 0.5) is 5.69 Å². The summed E-state index contributed by atoms with van der Waals surface area (Å²) in [5, 5.41) is 3.50. The van der Waals surface area contributed by atoms with Gasteiger partial charge in [0, 0.05) is 5.69 Å². The normalized spacial score (nSPS) is 11.9. The summed E-state index contributed by atoms with van der Waals surface area (Å²) in [4.78, 5) is 28.2. The van der Waals surface area contributed by atoms with Crippen LogP contribution in [0, 0.1) is 0 Å². The average Bonchev–Trinajstić information content (AvgIpc) is 3.15. The van der Waals surface area contributed by atoms with Crippen molar-refractivity contribution in [2.45, 2.75) is 32.8 Å². The fourth-order valence-corrected chi connectivity index (χ4v) is 3.62. The Bertz CT molecular complexity index is 935. The number of nitrogens with one attached hydrogen (secondary N) is 1. The minimum atomic E-state index is -0.589. The quantitative estimate of drug-likeness (QED) is 0.523. The van der Waals surface area contributed by atoms with Crippen molar-refractivity contribution in [2.75, 3.05) is 18.5 Å². The molecule has 0 saturated heterocycles. The predicted octanol–water partition coefficient (Wildman–Crippen LogP) is 4.51. The van der Waals surface area contributed by atoms with Gasteiger partial charge in [0.15, 0.2) is 6.61 Å². The first-order valence-electron chi connectivity index (χ1n) is 9.52. The molecule has 1 atom stereocenters. The molecule has 1 amide bonds. The Balaban J connectivity index is 1.36. The third-order valence-corrected chi connectivity index (χ3v) is 5.53. The molecule has 0 spiro atoms. The number of benzene rings is 2. The fourth-order valence-electron chi connectivity index (χ4n) is 2.72. The Morgan fingerprint density at radius 3 is 2.59 bits per heavy atom. The molecule has 29 heavy (non-hydrogen) atoms. The lowest BCUT2D eigenvalue weighted by molar-refractivity contribution is -0.152. The van der Waals surface area contributed by atoms with E-state index in [1.807, 2.05) is 48.5 Å². The highest BCUT2D eigenvalue weighted by Gasteiger charge is 2.10. The molecular formula is C22H24N2O4S. The van der Waals surface area contributed by atoms with Crippen molar-refractivity contribution in [1.29, 1.82) is 0 Å². The van der Waals surface area contributed by atoms with Crippen LogP contribution in [-0.4, -0.2) is 30.1 Å². The van der Waals surface area contributed by atoms with Gasteiger partial charge in [-0.25, -0.2) is 9.78 Å². The lowest BCUT2D eigenvalue weighted by Crippen LogP contribution is -2.22. The number of esters is 1. The summed E-state index contributed by atoms with van der Waals surface area (Å²) < 4.78 is 11.4. The van der Waals surface area contributed by atoms with Gasteiger partial charge < -0.3 is 14.8 Å². The van der Waals surface area contributed by atoms with Crippen LogP contribution in [0.1, 0.15) is 36.8 Å². The van der Waals surface area contributed by atoms with E-state index < -0.39 is 5.97 Å². The molecule has 3 rings (SSSR count). The molecule has 0 saturated carbocycles. The van der Waals surface area contributed by atoms with Gasteiger partial charge in [0.05, 0.1) is 16.8 Å². The van der Waals surface area contributed by atoms with Gasteiger partial charge in [-0.05, 0) is 42.2 Å². The predicted molar refractivity (Wildman–Crippen MR) is 114 cm³/mol. The van der Waals surface area contributed by atoms with Crippen molar-refractivity contribution in [3.05, 3.63) is 59.1 Å². The van der Waals surface area contributed by atoms with E-state index in [0.717, 1.165) is 21.6 Å². The maximum atomic E-state index is 11.9. The number of amides is 1. The van der Waals surface area contributed by atoms with Crippen LogP contribution in [0.5, 0.6) is 0 Å². The second-order valence-corrected chi connectivity index (χ2v) is 7.82.